The van der Waals surface area contributed by atoms with Crippen molar-refractivity contribution in [3.8, 4) is 0 Å². The van der Waals surface area contributed by atoms with Gasteiger partial charge in [0.25, 0.3) is 0 Å². The number of nitrogens with one attached hydrogen (secondary N) is 1. The predicted octanol–water partition coefficient (Wildman–Crippen LogP) is 0.274. The topological polar surface area (TPSA) is 98.1 Å². The first-order chi connectivity index (χ1) is 12.7. The van der Waals surface area contributed by atoms with Crippen LogP contribution in [0.15, 0.2) is 18.7 Å². The number of anilines is 1. The van der Waals surface area contributed by atoms with Gasteiger partial charge in [0, 0.05) is 30.9 Å². The van der Waals surface area contributed by atoms with Gasteiger partial charge in [-0.1, -0.05) is 5.21 Å². The highest BCUT2D eigenvalue weighted by molar-refractivity contribution is 5.76. The molecule has 1 saturated carbocycles. The van der Waals surface area contributed by atoms with E-state index in [9.17, 15) is 4.79 Å². The number of carbonyl (C=O) groups excluding carboxylic acids is 1. The molecule has 2 fully saturated rings. The molecule has 1 amide bonds. The molecular weight excluding hydrogens is 334 g/mol. The van der Waals surface area contributed by atoms with Gasteiger partial charge < -0.3 is 15.0 Å². The number of carbonyl (C=O) groups is 1. The van der Waals surface area contributed by atoms with Crippen LogP contribution >= 0.6 is 0 Å². The van der Waals surface area contributed by atoms with E-state index < -0.39 is 0 Å². The molecule has 136 valence electrons. The van der Waals surface area contributed by atoms with Crippen LogP contribution in [0.4, 0.5) is 5.82 Å². The van der Waals surface area contributed by atoms with Crippen LogP contribution in [-0.4, -0.2) is 50.0 Å². The van der Waals surface area contributed by atoms with Crippen LogP contribution in [0.5, 0.6) is 0 Å². The first-order valence-electron chi connectivity index (χ1n) is 9.00. The van der Waals surface area contributed by atoms with Crippen molar-refractivity contribution in [3.05, 3.63) is 30.0 Å². The lowest BCUT2D eigenvalue weighted by molar-refractivity contribution is -0.124. The van der Waals surface area contributed by atoms with Crippen molar-refractivity contribution in [2.75, 3.05) is 18.0 Å². The molecule has 2 aromatic rings. The van der Waals surface area contributed by atoms with Crippen molar-refractivity contribution in [2.45, 2.75) is 45.1 Å². The van der Waals surface area contributed by atoms with E-state index in [-0.39, 0.29) is 18.5 Å². The Balaban J connectivity index is 1.18. The highest BCUT2D eigenvalue weighted by Gasteiger charge is 2.49. The summed E-state index contributed by atoms with van der Waals surface area (Å²) in [6.07, 6.45) is 8.10. The number of fused-ring (bicyclic) bond motifs is 1. The Morgan fingerprint density at radius 1 is 1.35 bits per heavy atom. The molecule has 0 radical (unpaired) electrons. The molecule has 0 aromatic carbocycles. The molecule has 5 rings (SSSR count). The zero-order chi connectivity index (χ0) is 17.6. The van der Waals surface area contributed by atoms with E-state index in [1.807, 2.05) is 0 Å². The SMILES string of the molecule is O=C(Cn1ccnn1)NC1CC2(CCN(c3ncnc4c3COC4)C2)C1. The largest absolute Gasteiger partial charge is 0.370 e. The summed E-state index contributed by atoms with van der Waals surface area (Å²) in [4.78, 5) is 23.3. The van der Waals surface area contributed by atoms with Crippen LogP contribution in [0.2, 0.25) is 0 Å². The summed E-state index contributed by atoms with van der Waals surface area (Å²) in [6, 6.07) is 0.255. The summed E-state index contributed by atoms with van der Waals surface area (Å²) in [7, 11) is 0. The normalized spacial score (nSPS) is 26.8. The van der Waals surface area contributed by atoms with Gasteiger partial charge in [0.15, 0.2) is 0 Å². The number of ether oxygens (including phenoxy) is 1. The Hall–Kier alpha value is -2.55. The summed E-state index contributed by atoms with van der Waals surface area (Å²) < 4.78 is 7.06. The highest BCUT2D eigenvalue weighted by Crippen LogP contribution is 2.49. The monoisotopic (exact) mass is 355 g/mol. The molecule has 4 heterocycles. The van der Waals surface area contributed by atoms with Crippen molar-refractivity contribution in [1.29, 1.82) is 0 Å². The van der Waals surface area contributed by atoms with Crippen molar-refractivity contribution >= 4 is 11.7 Å². The van der Waals surface area contributed by atoms with E-state index >= 15 is 0 Å². The van der Waals surface area contributed by atoms with Gasteiger partial charge in [-0.2, -0.15) is 0 Å². The van der Waals surface area contributed by atoms with Crippen LogP contribution in [0, 0.1) is 5.41 Å². The molecule has 0 bridgehead atoms. The summed E-state index contributed by atoms with van der Waals surface area (Å²) in [6.45, 7) is 3.41. The lowest BCUT2D eigenvalue weighted by Crippen LogP contribution is -2.52. The summed E-state index contributed by atoms with van der Waals surface area (Å²) in [5.74, 6) is 1.03. The van der Waals surface area contributed by atoms with Gasteiger partial charge in [-0.05, 0) is 24.7 Å². The number of aromatic nitrogens is 5. The van der Waals surface area contributed by atoms with E-state index in [2.05, 4.69) is 30.5 Å². The third kappa shape index (κ3) is 2.72. The van der Waals surface area contributed by atoms with Gasteiger partial charge in [0.05, 0.1) is 25.1 Å². The second kappa shape index (κ2) is 6.01. The minimum Gasteiger partial charge on any atom is -0.370 e. The van der Waals surface area contributed by atoms with E-state index in [0.29, 0.717) is 18.6 Å². The second-order valence-corrected chi connectivity index (χ2v) is 7.56. The minimum atomic E-state index is -0.00373. The molecule has 0 atom stereocenters. The van der Waals surface area contributed by atoms with Crippen molar-refractivity contribution < 1.29 is 9.53 Å². The van der Waals surface area contributed by atoms with Gasteiger partial charge in [0.2, 0.25) is 5.91 Å². The lowest BCUT2D eigenvalue weighted by Gasteiger charge is -2.45. The third-order valence-electron chi connectivity index (χ3n) is 5.74. The fourth-order valence-electron chi connectivity index (χ4n) is 4.51. The van der Waals surface area contributed by atoms with E-state index in [1.54, 1.807) is 23.4 Å². The summed E-state index contributed by atoms with van der Waals surface area (Å²) in [5.41, 5.74) is 2.45. The molecule has 9 nitrogen and oxygen atoms in total. The Kier molecular flexibility index (Phi) is 3.63. The van der Waals surface area contributed by atoms with E-state index in [4.69, 9.17) is 4.74 Å². The van der Waals surface area contributed by atoms with Crippen LogP contribution in [0.25, 0.3) is 0 Å². The maximum Gasteiger partial charge on any atom is 0.242 e. The Morgan fingerprint density at radius 2 is 2.27 bits per heavy atom. The molecule has 1 spiro atoms. The van der Waals surface area contributed by atoms with Crippen molar-refractivity contribution in [3.63, 3.8) is 0 Å². The van der Waals surface area contributed by atoms with Crippen LogP contribution in [-0.2, 0) is 29.3 Å². The number of hydrogen-bond acceptors (Lipinski definition) is 7. The fraction of sp³-hybridized carbons (Fsp3) is 0.588. The maximum atomic E-state index is 12.1. The molecule has 2 aromatic heterocycles. The zero-order valence-electron chi connectivity index (χ0n) is 14.5. The van der Waals surface area contributed by atoms with E-state index in [1.165, 1.54) is 0 Å². The molecule has 1 aliphatic carbocycles. The van der Waals surface area contributed by atoms with Crippen LogP contribution < -0.4 is 10.2 Å². The Labute approximate surface area is 150 Å². The molecule has 3 aliphatic rings. The molecule has 1 saturated heterocycles. The van der Waals surface area contributed by atoms with Crippen LogP contribution in [0.3, 0.4) is 0 Å². The fourth-order valence-corrected chi connectivity index (χ4v) is 4.51. The van der Waals surface area contributed by atoms with Gasteiger partial charge in [-0.25, -0.2) is 14.6 Å². The van der Waals surface area contributed by atoms with Crippen molar-refractivity contribution in [2.24, 2.45) is 5.41 Å². The van der Waals surface area contributed by atoms with Gasteiger partial charge >= 0.3 is 0 Å². The van der Waals surface area contributed by atoms with Gasteiger partial charge in [-0.3, -0.25) is 4.79 Å². The zero-order valence-corrected chi connectivity index (χ0v) is 14.5. The number of nitrogens with zero attached hydrogens (tertiary/aromatic N) is 6. The molecule has 2 aliphatic heterocycles. The van der Waals surface area contributed by atoms with E-state index in [0.717, 1.165) is 49.4 Å². The van der Waals surface area contributed by atoms with Gasteiger partial charge in [-0.15, -0.1) is 5.10 Å². The molecule has 26 heavy (non-hydrogen) atoms. The highest BCUT2D eigenvalue weighted by atomic mass is 16.5. The second-order valence-electron chi connectivity index (χ2n) is 7.56. The Morgan fingerprint density at radius 3 is 3.12 bits per heavy atom. The number of rotatable bonds is 4. The standard InChI is InChI=1S/C17H21N7O2/c25-15(7-24-4-2-20-22-24)21-12-5-17(6-12)1-3-23(10-17)16-13-8-26-9-14(13)18-11-19-16/h2,4,11-12H,1,3,5-10H2,(H,21,25). The third-order valence-corrected chi connectivity index (χ3v) is 5.74. The summed E-state index contributed by atoms with van der Waals surface area (Å²) >= 11 is 0. The minimum absolute atomic E-state index is 0.00373. The van der Waals surface area contributed by atoms with Gasteiger partial charge in [0.1, 0.15) is 18.7 Å². The molecule has 9 heteroatoms. The smallest absolute Gasteiger partial charge is 0.242 e. The number of hydrogen-bond donors (Lipinski definition) is 1. The first-order valence-corrected chi connectivity index (χ1v) is 9.00. The van der Waals surface area contributed by atoms with Crippen LogP contribution in [0.1, 0.15) is 30.5 Å². The Bertz CT molecular complexity index is 817. The number of amides is 1. The summed E-state index contributed by atoms with van der Waals surface area (Å²) in [5, 5.41) is 10.7. The molecule has 1 N–H and O–H groups in total. The maximum absolute atomic E-state index is 12.1. The lowest BCUT2D eigenvalue weighted by atomic mass is 9.65. The average Bonchev–Trinajstić information content (AvgIpc) is 3.34. The predicted molar refractivity (Wildman–Crippen MR) is 91.0 cm³/mol. The van der Waals surface area contributed by atoms with Crippen molar-refractivity contribution in [1.82, 2.24) is 30.3 Å². The quantitative estimate of drug-likeness (QED) is 0.841. The average molecular weight is 355 g/mol. The molecular formula is C17H21N7O2. The molecule has 0 unspecified atom stereocenters. The first kappa shape index (κ1) is 15.7.